The first kappa shape index (κ1) is 18.1. The van der Waals surface area contributed by atoms with Gasteiger partial charge >= 0.3 is 0 Å². The van der Waals surface area contributed by atoms with Crippen molar-refractivity contribution in [1.82, 2.24) is 8.87 Å². The first-order valence-electron chi connectivity index (χ1n) is 8.56. The number of aryl methyl sites for hydroxylation is 1. The van der Waals surface area contributed by atoms with Gasteiger partial charge in [0.15, 0.2) is 11.5 Å². The van der Waals surface area contributed by atoms with Gasteiger partial charge in [0.2, 0.25) is 10.0 Å². The first-order valence-corrected chi connectivity index (χ1v) is 10.9. The van der Waals surface area contributed by atoms with Crippen LogP contribution in [0.4, 0.5) is 0 Å². The first-order chi connectivity index (χ1) is 13.0. The minimum atomic E-state index is -3.71. The van der Waals surface area contributed by atoms with Gasteiger partial charge in [0.25, 0.3) is 0 Å². The second-order valence-corrected chi connectivity index (χ2v) is 9.24. The fourth-order valence-corrected chi connectivity index (χ4v) is 5.18. The van der Waals surface area contributed by atoms with Crippen molar-refractivity contribution in [3.63, 3.8) is 0 Å². The van der Waals surface area contributed by atoms with Gasteiger partial charge in [0.1, 0.15) is 13.2 Å². The van der Waals surface area contributed by atoms with E-state index < -0.39 is 10.0 Å². The molecule has 1 aliphatic rings. The van der Waals surface area contributed by atoms with Gasteiger partial charge in [-0.15, -0.1) is 11.3 Å². The van der Waals surface area contributed by atoms with E-state index in [-0.39, 0.29) is 11.4 Å². The average molecular weight is 405 g/mol. The highest BCUT2D eigenvalue weighted by atomic mass is 32.2. The molecule has 3 aromatic rings. The number of benzene rings is 1. The standard InChI is InChI=1S/C19H20N2O4S2/c1-20-8-2-4-15(20)13-21(14-16-5-3-11-26-16)27(22,23)17-6-7-18-19(12-17)25-10-9-24-18/h2-8,11-12H,9-10,13-14H2,1H3. The zero-order chi connectivity index (χ0) is 18.9. The Labute approximate surface area is 162 Å². The molecule has 0 unspecified atom stereocenters. The molecule has 3 heterocycles. The summed E-state index contributed by atoms with van der Waals surface area (Å²) in [6, 6.07) is 12.5. The monoisotopic (exact) mass is 404 g/mol. The lowest BCUT2D eigenvalue weighted by molar-refractivity contribution is 0.171. The summed E-state index contributed by atoms with van der Waals surface area (Å²) < 4.78 is 41.3. The number of rotatable bonds is 6. The van der Waals surface area contributed by atoms with Crippen LogP contribution in [0, 0.1) is 0 Å². The molecule has 1 aliphatic heterocycles. The Morgan fingerprint density at radius 1 is 1.07 bits per heavy atom. The fraction of sp³-hybridized carbons (Fsp3) is 0.263. The molecule has 142 valence electrons. The Kier molecular flexibility index (Phi) is 4.94. The van der Waals surface area contributed by atoms with E-state index in [2.05, 4.69) is 0 Å². The Morgan fingerprint density at radius 2 is 1.89 bits per heavy atom. The molecule has 1 aromatic carbocycles. The van der Waals surface area contributed by atoms with Gasteiger partial charge in [0.05, 0.1) is 11.4 Å². The molecular formula is C19H20N2O4S2. The summed E-state index contributed by atoms with van der Waals surface area (Å²) >= 11 is 1.54. The number of fused-ring (bicyclic) bond motifs is 1. The van der Waals surface area contributed by atoms with E-state index in [1.807, 2.05) is 47.5 Å². The molecule has 0 saturated carbocycles. The highest BCUT2D eigenvalue weighted by Gasteiger charge is 2.27. The van der Waals surface area contributed by atoms with Crippen LogP contribution in [0.15, 0.2) is 58.9 Å². The van der Waals surface area contributed by atoms with E-state index in [1.54, 1.807) is 29.5 Å². The molecule has 6 nitrogen and oxygen atoms in total. The molecule has 2 aromatic heterocycles. The van der Waals surface area contributed by atoms with E-state index >= 15 is 0 Å². The molecule has 0 fully saturated rings. The van der Waals surface area contributed by atoms with Crippen molar-refractivity contribution >= 4 is 21.4 Å². The molecule has 27 heavy (non-hydrogen) atoms. The van der Waals surface area contributed by atoms with Gasteiger partial charge < -0.3 is 14.0 Å². The van der Waals surface area contributed by atoms with Crippen LogP contribution < -0.4 is 9.47 Å². The Bertz CT molecular complexity index is 1030. The summed E-state index contributed by atoms with van der Waals surface area (Å²) in [4.78, 5) is 1.20. The maximum absolute atomic E-state index is 13.4. The van der Waals surface area contributed by atoms with Gasteiger partial charge in [-0.25, -0.2) is 8.42 Å². The van der Waals surface area contributed by atoms with Gasteiger partial charge in [-0.05, 0) is 35.7 Å². The van der Waals surface area contributed by atoms with Gasteiger partial charge in [0, 0.05) is 36.4 Å². The quantitative estimate of drug-likeness (QED) is 0.633. The summed E-state index contributed by atoms with van der Waals surface area (Å²) in [5.74, 6) is 1.05. The normalized spacial score (nSPS) is 13.9. The number of nitrogens with zero attached hydrogens (tertiary/aromatic N) is 2. The SMILES string of the molecule is Cn1cccc1CN(Cc1cccs1)S(=O)(=O)c1ccc2c(c1)OCCO2. The van der Waals surface area contributed by atoms with Crippen LogP contribution in [0.2, 0.25) is 0 Å². The Morgan fingerprint density at radius 3 is 2.59 bits per heavy atom. The second-order valence-electron chi connectivity index (χ2n) is 6.27. The highest BCUT2D eigenvalue weighted by molar-refractivity contribution is 7.89. The van der Waals surface area contributed by atoms with Gasteiger partial charge in [-0.3, -0.25) is 0 Å². The molecule has 0 N–H and O–H groups in total. The van der Waals surface area contributed by atoms with Gasteiger partial charge in [-0.1, -0.05) is 6.07 Å². The van der Waals surface area contributed by atoms with Crippen molar-refractivity contribution in [2.24, 2.45) is 7.05 Å². The van der Waals surface area contributed by atoms with Crippen molar-refractivity contribution in [2.75, 3.05) is 13.2 Å². The summed E-state index contributed by atoms with van der Waals surface area (Å²) in [6.45, 7) is 1.49. The molecular weight excluding hydrogens is 384 g/mol. The van der Waals surface area contributed by atoms with Crippen molar-refractivity contribution < 1.29 is 17.9 Å². The summed E-state index contributed by atoms with van der Waals surface area (Å²) in [7, 11) is -1.80. The number of sulfonamides is 1. The van der Waals surface area contributed by atoms with Crippen molar-refractivity contribution in [1.29, 1.82) is 0 Å². The van der Waals surface area contributed by atoms with Crippen molar-refractivity contribution in [2.45, 2.75) is 18.0 Å². The lowest BCUT2D eigenvalue weighted by Gasteiger charge is -2.24. The molecule has 0 amide bonds. The zero-order valence-corrected chi connectivity index (χ0v) is 16.5. The molecule has 0 bridgehead atoms. The van der Waals surface area contributed by atoms with Gasteiger partial charge in [-0.2, -0.15) is 4.31 Å². The molecule has 0 saturated heterocycles. The number of ether oxygens (including phenoxy) is 2. The largest absolute Gasteiger partial charge is 0.486 e. The molecule has 4 rings (SSSR count). The van der Waals surface area contributed by atoms with Crippen LogP contribution in [-0.4, -0.2) is 30.5 Å². The second kappa shape index (κ2) is 7.38. The summed E-state index contributed by atoms with van der Waals surface area (Å²) in [5.41, 5.74) is 0.924. The molecule has 0 radical (unpaired) electrons. The maximum Gasteiger partial charge on any atom is 0.243 e. The third-order valence-corrected chi connectivity index (χ3v) is 7.10. The number of hydrogen-bond donors (Lipinski definition) is 0. The van der Waals surface area contributed by atoms with E-state index in [0.29, 0.717) is 31.3 Å². The zero-order valence-electron chi connectivity index (χ0n) is 14.9. The molecule has 0 spiro atoms. The van der Waals surface area contributed by atoms with E-state index in [4.69, 9.17) is 9.47 Å². The minimum absolute atomic E-state index is 0.206. The lowest BCUT2D eigenvalue weighted by atomic mass is 10.3. The van der Waals surface area contributed by atoms with Crippen molar-refractivity contribution in [3.8, 4) is 11.5 Å². The number of thiophene rings is 1. The highest BCUT2D eigenvalue weighted by Crippen LogP contribution is 2.34. The average Bonchev–Trinajstić information content (AvgIpc) is 3.33. The summed E-state index contributed by atoms with van der Waals surface area (Å²) in [5, 5.41) is 1.95. The summed E-state index contributed by atoms with van der Waals surface area (Å²) in [6.07, 6.45) is 1.91. The predicted octanol–water partition coefficient (Wildman–Crippen LogP) is 3.25. The number of hydrogen-bond acceptors (Lipinski definition) is 5. The Balaban J connectivity index is 1.69. The molecule has 0 aliphatic carbocycles. The van der Waals surface area contributed by atoms with E-state index in [0.717, 1.165) is 10.6 Å². The smallest absolute Gasteiger partial charge is 0.243 e. The van der Waals surface area contributed by atoms with Crippen LogP contribution in [-0.2, 0) is 30.2 Å². The van der Waals surface area contributed by atoms with Crippen LogP contribution >= 0.6 is 11.3 Å². The third-order valence-electron chi connectivity index (χ3n) is 4.45. The minimum Gasteiger partial charge on any atom is -0.486 e. The van der Waals surface area contributed by atoms with E-state index in [9.17, 15) is 8.42 Å². The third kappa shape index (κ3) is 3.73. The maximum atomic E-state index is 13.4. The van der Waals surface area contributed by atoms with Crippen LogP contribution in [0.25, 0.3) is 0 Å². The fourth-order valence-electron chi connectivity index (χ4n) is 2.98. The van der Waals surface area contributed by atoms with Crippen molar-refractivity contribution in [3.05, 3.63) is 64.6 Å². The predicted molar refractivity (Wildman–Crippen MR) is 104 cm³/mol. The van der Waals surface area contributed by atoms with E-state index in [1.165, 1.54) is 4.31 Å². The van der Waals surface area contributed by atoms with Crippen LogP contribution in [0.5, 0.6) is 11.5 Å². The lowest BCUT2D eigenvalue weighted by Crippen LogP contribution is -2.31. The van der Waals surface area contributed by atoms with Crippen LogP contribution in [0.1, 0.15) is 10.6 Å². The molecule has 8 heteroatoms. The molecule has 0 atom stereocenters. The van der Waals surface area contributed by atoms with Crippen LogP contribution in [0.3, 0.4) is 0 Å². The Hall–Kier alpha value is -2.29. The number of aromatic nitrogens is 1. The topological polar surface area (TPSA) is 60.8 Å².